The summed E-state index contributed by atoms with van der Waals surface area (Å²) in [5, 5.41) is 0.747. The van der Waals surface area contributed by atoms with Crippen molar-refractivity contribution >= 4 is 15.9 Å². The average molecular weight is 153 g/mol. The highest BCUT2D eigenvalue weighted by Crippen LogP contribution is 1.80. The fraction of sp³-hybridized carbons (Fsp3) is 0.500. The van der Waals surface area contributed by atoms with E-state index in [-0.39, 0.29) is 6.67 Å². The van der Waals surface area contributed by atoms with E-state index in [1.54, 1.807) is 6.08 Å². The molecule has 0 radical (unpaired) electrons. The summed E-state index contributed by atoms with van der Waals surface area (Å²) in [6.07, 6.45) is 3.19. The first-order valence-electron chi connectivity index (χ1n) is 1.68. The molecule has 0 aromatic carbocycles. The largest absolute Gasteiger partial charge is 0.247 e. The second kappa shape index (κ2) is 5.15. The first-order valence-corrected chi connectivity index (χ1v) is 2.81. The summed E-state index contributed by atoms with van der Waals surface area (Å²) < 4.78 is 11.1. The molecule has 0 heterocycles. The van der Waals surface area contributed by atoms with Crippen molar-refractivity contribution in [2.75, 3.05) is 12.0 Å². The Morgan fingerprint density at radius 1 is 1.50 bits per heavy atom. The van der Waals surface area contributed by atoms with E-state index in [0.717, 1.165) is 5.33 Å². The number of halogens is 2. The lowest BCUT2D eigenvalue weighted by molar-refractivity contribution is 0.561. The van der Waals surface area contributed by atoms with Crippen LogP contribution in [0.15, 0.2) is 12.2 Å². The first kappa shape index (κ1) is 6.15. The summed E-state index contributed by atoms with van der Waals surface area (Å²) >= 11 is 3.10. The Labute approximate surface area is 45.2 Å². The van der Waals surface area contributed by atoms with Crippen LogP contribution in [0.3, 0.4) is 0 Å². The number of allylic oxidation sites excluding steroid dienone is 2. The minimum atomic E-state index is -0.356. The van der Waals surface area contributed by atoms with Gasteiger partial charge in [-0.1, -0.05) is 28.1 Å². The Bertz CT molecular complexity index is 36.8. The third-order valence-electron chi connectivity index (χ3n) is 0.345. The van der Waals surface area contributed by atoms with Gasteiger partial charge in [-0.15, -0.1) is 0 Å². The summed E-state index contributed by atoms with van der Waals surface area (Å²) in [6, 6.07) is 0. The lowest BCUT2D eigenvalue weighted by Crippen LogP contribution is -1.61. The molecule has 0 amide bonds. The van der Waals surface area contributed by atoms with Crippen LogP contribution in [-0.2, 0) is 0 Å². The Kier molecular flexibility index (Phi) is 5.28. The third kappa shape index (κ3) is 4.15. The maximum atomic E-state index is 11.1. The molecule has 0 saturated heterocycles. The van der Waals surface area contributed by atoms with E-state index in [1.165, 1.54) is 6.08 Å². The zero-order chi connectivity index (χ0) is 4.83. The standard InChI is InChI=1S/C4H6BrF/c5-3-1-2-4-6/h1-2H,3-4H2. The monoisotopic (exact) mass is 152 g/mol. The summed E-state index contributed by atoms with van der Waals surface area (Å²) in [5.74, 6) is 0. The van der Waals surface area contributed by atoms with Crippen molar-refractivity contribution in [2.24, 2.45) is 0 Å². The smallest absolute Gasteiger partial charge is 0.108 e. The highest BCUT2D eigenvalue weighted by molar-refractivity contribution is 9.09. The number of rotatable bonds is 2. The fourth-order valence-corrected chi connectivity index (χ4v) is 0.390. The van der Waals surface area contributed by atoms with Crippen LogP contribution in [-0.4, -0.2) is 12.0 Å². The molecule has 0 aliphatic heterocycles. The van der Waals surface area contributed by atoms with Crippen LogP contribution in [0, 0.1) is 0 Å². The second-order valence-electron chi connectivity index (χ2n) is 0.780. The molecule has 2 heteroatoms. The van der Waals surface area contributed by atoms with Crippen molar-refractivity contribution in [3.8, 4) is 0 Å². The van der Waals surface area contributed by atoms with Crippen molar-refractivity contribution in [2.45, 2.75) is 0 Å². The predicted octanol–water partition coefficient (Wildman–Crippen LogP) is 1.91. The van der Waals surface area contributed by atoms with Crippen LogP contribution in [0.25, 0.3) is 0 Å². The first-order chi connectivity index (χ1) is 2.91. The molecule has 0 nitrogen and oxygen atoms in total. The topological polar surface area (TPSA) is 0 Å². The molecule has 0 bridgehead atoms. The Morgan fingerprint density at radius 2 is 2.17 bits per heavy atom. The molecule has 0 aliphatic rings. The van der Waals surface area contributed by atoms with Gasteiger partial charge in [0.25, 0.3) is 0 Å². The lowest BCUT2D eigenvalue weighted by atomic mass is 10.6. The van der Waals surface area contributed by atoms with Crippen LogP contribution in [0.2, 0.25) is 0 Å². The molecule has 6 heavy (non-hydrogen) atoms. The van der Waals surface area contributed by atoms with E-state index < -0.39 is 0 Å². The molecule has 0 saturated carbocycles. The van der Waals surface area contributed by atoms with E-state index in [4.69, 9.17) is 0 Å². The molecule has 0 aromatic heterocycles. The highest BCUT2D eigenvalue weighted by Gasteiger charge is 1.63. The van der Waals surface area contributed by atoms with Gasteiger partial charge in [0.05, 0.1) is 0 Å². The van der Waals surface area contributed by atoms with Crippen molar-refractivity contribution in [3.05, 3.63) is 12.2 Å². The van der Waals surface area contributed by atoms with E-state index in [1.807, 2.05) is 0 Å². The third-order valence-corrected chi connectivity index (χ3v) is 0.719. The Morgan fingerprint density at radius 3 is 2.33 bits per heavy atom. The minimum Gasteiger partial charge on any atom is -0.247 e. The van der Waals surface area contributed by atoms with Crippen molar-refractivity contribution in [3.63, 3.8) is 0 Å². The lowest BCUT2D eigenvalue weighted by Gasteiger charge is -1.69. The zero-order valence-corrected chi connectivity index (χ0v) is 4.91. The van der Waals surface area contributed by atoms with Gasteiger partial charge in [-0.25, -0.2) is 4.39 Å². The number of hydrogen-bond acceptors (Lipinski definition) is 0. The normalized spacial score (nSPS) is 10.3. The van der Waals surface area contributed by atoms with Gasteiger partial charge in [0.2, 0.25) is 0 Å². The van der Waals surface area contributed by atoms with Gasteiger partial charge < -0.3 is 0 Å². The van der Waals surface area contributed by atoms with Crippen LogP contribution in [0.1, 0.15) is 0 Å². The summed E-state index contributed by atoms with van der Waals surface area (Å²) in [4.78, 5) is 0. The molecule has 0 rings (SSSR count). The van der Waals surface area contributed by atoms with Crippen LogP contribution < -0.4 is 0 Å². The molecule has 0 unspecified atom stereocenters. The zero-order valence-electron chi connectivity index (χ0n) is 3.32. The van der Waals surface area contributed by atoms with E-state index in [2.05, 4.69) is 15.9 Å². The van der Waals surface area contributed by atoms with Crippen molar-refractivity contribution in [1.82, 2.24) is 0 Å². The van der Waals surface area contributed by atoms with Gasteiger partial charge in [0.15, 0.2) is 0 Å². The van der Waals surface area contributed by atoms with E-state index in [0.29, 0.717) is 0 Å². The van der Waals surface area contributed by atoms with Gasteiger partial charge >= 0.3 is 0 Å². The maximum Gasteiger partial charge on any atom is 0.108 e. The van der Waals surface area contributed by atoms with Gasteiger partial charge in [0.1, 0.15) is 6.67 Å². The second-order valence-corrected chi connectivity index (χ2v) is 1.43. The minimum absolute atomic E-state index is 0.356. The summed E-state index contributed by atoms with van der Waals surface area (Å²) in [5.41, 5.74) is 0. The molecular weight excluding hydrogens is 147 g/mol. The van der Waals surface area contributed by atoms with Crippen molar-refractivity contribution in [1.29, 1.82) is 0 Å². The summed E-state index contributed by atoms with van der Waals surface area (Å²) in [6.45, 7) is -0.356. The Hall–Kier alpha value is 0.150. The summed E-state index contributed by atoms with van der Waals surface area (Å²) in [7, 11) is 0. The quantitative estimate of drug-likeness (QED) is 0.419. The van der Waals surface area contributed by atoms with Gasteiger partial charge in [-0.2, -0.15) is 0 Å². The molecule has 36 valence electrons. The number of hydrogen-bond donors (Lipinski definition) is 0. The molecule has 0 atom stereocenters. The van der Waals surface area contributed by atoms with Crippen LogP contribution >= 0.6 is 15.9 Å². The molecule has 0 aliphatic carbocycles. The van der Waals surface area contributed by atoms with Crippen LogP contribution in [0.5, 0.6) is 0 Å². The van der Waals surface area contributed by atoms with Gasteiger partial charge in [-0.05, 0) is 0 Å². The molecular formula is C4H6BrF. The predicted molar refractivity (Wildman–Crippen MR) is 28.9 cm³/mol. The molecule has 0 fully saturated rings. The van der Waals surface area contributed by atoms with E-state index in [9.17, 15) is 4.39 Å². The van der Waals surface area contributed by atoms with Gasteiger partial charge in [0, 0.05) is 5.33 Å². The molecule has 0 N–H and O–H groups in total. The SMILES string of the molecule is FCC=CCBr. The molecule has 0 aromatic rings. The van der Waals surface area contributed by atoms with E-state index >= 15 is 0 Å². The highest BCUT2D eigenvalue weighted by atomic mass is 79.9. The number of alkyl halides is 2. The maximum absolute atomic E-state index is 11.1. The fourth-order valence-electron chi connectivity index (χ4n) is 0.126. The average Bonchev–Trinajstić information content (AvgIpc) is 1.61. The Balaban J connectivity index is 2.73. The van der Waals surface area contributed by atoms with Crippen LogP contribution in [0.4, 0.5) is 4.39 Å². The van der Waals surface area contributed by atoms with Crippen molar-refractivity contribution < 1.29 is 4.39 Å². The molecule has 0 spiro atoms. The van der Waals surface area contributed by atoms with Gasteiger partial charge in [-0.3, -0.25) is 0 Å².